The molecular formula is C16H21N5O2. The van der Waals surface area contributed by atoms with E-state index in [0.717, 1.165) is 18.5 Å². The van der Waals surface area contributed by atoms with E-state index in [1.165, 1.54) is 0 Å². The van der Waals surface area contributed by atoms with E-state index in [1.807, 2.05) is 11.8 Å². The van der Waals surface area contributed by atoms with Gasteiger partial charge in [0.15, 0.2) is 0 Å². The van der Waals surface area contributed by atoms with Gasteiger partial charge in [-0.3, -0.25) is 9.78 Å². The molecule has 1 unspecified atom stereocenters. The van der Waals surface area contributed by atoms with Crippen molar-refractivity contribution in [2.24, 2.45) is 0 Å². The van der Waals surface area contributed by atoms with Crippen LogP contribution in [0.15, 0.2) is 16.9 Å². The molecule has 1 aliphatic heterocycles. The molecule has 7 nitrogen and oxygen atoms in total. The summed E-state index contributed by atoms with van der Waals surface area (Å²) in [7, 11) is 1.80. The highest BCUT2D eigenvalue weighted by atomic mass is 16.5. The van der Waals surface area contributed by atoms with Gasteiger partial charge >= 0.3 is 0 Å². The molecule has 0 saturated carbocycles. The fourth-order valence-electron chi connectivity index (χ4n) is 3.06. The van der Waals surface area contributed by atoms with Gasteiger partial charge in [-0.2, -0.15) is 0 Å². The zero-order valence-corrected chi connectivity index (χ0v) is 13.7. The van der Waals surface area contributed by atoms with Gasteiger partial charge in [-0.05, 0) is 26.2 Å². The smallest absolute Gasteiger partial charge is 0.259 e. The Kier molecular flexibility index (Phi) is 4.27. The van der Waals surface area contributed by atoms with Crippen molar-refractivity contribution in [2.45, 2.75) is 39.2 Å². The van der Waals surface area contributed by atoms with Crippen molar-refractivity contribution >= 4 is 11.7 Å². The average Bonchev–Trinajstić information content (AvgIpc) is 3.20. The Labute approximate surface area is 135 Å². The van der Waals surface area contributed by atoms with Crippen molar-refractivity contribution in [3.8, 4) is 0 Å². The van der Waals surface area contributed by atoms with Gasteiger partial charge in [-0.25, -0.2) is 4.98 Å². The van der Waals surface area contributed by atoms with Gasteiger partial charge in [0.2, 0.25) is 0 Å². The van der Waals surface area contributed by atoms with E-state index >= 15 is 0 Å². The fraction of sp³-hybridized carbons (Fsp3) is 0.500. The van der Waals surface area contributed by atoms with Crippen LogP contribution in [0.4, 0.5) is 5.82 Å². The zero-order valence-electron chi connectivity index (χ0n) is 13.7. The Balaban J connectivity index is 1.92. The molecule has 0 bridgehead atoms. The highest BCUT2D eigenvalue weighted by Gasteiger charge is 2.34. The van der Waals surface area contributed by atoms with Crippen molar-refractivity contribution in [3.05, 3.63) is 35.1 Å². The van der Waals surface area contributed by atoms with Crippen LogP contribution in [0.2, 0.25) is 0 Å². The van der Waals surface area contributed by atoms with Gasteiger partial charge in [0, 0.05) is 13.6 Å². The summed E-state index contributed by atoms with van der Waals surface area (Å²) >= 11 is 0. The zero-order chi connectivity index (χ0) is 16.4. The maximum absolute atomic E-state index is 13.0. The molecule has 1 N–H and O–H groups in total. The number of likely N-dealkylation sites (tertiary alicyclic amines) is 1. The third-order valence-electron chi connectivity index (χ3n) is 4.25. The maximum Gasteiger partial charge on any atom is 0.259 e. The molecule has 0 spiro atoms. The van der Waals surface area contributed by atoms with Gasteiger partial charge in [0.25, 0.3) is 5.91 Å². The average molecular weight is 315 g/mol. The van der Waals surface area contributed by atoms with Gasteiger partial charge in [-0.15, -0.1) is 0 Å². The first-order valence-corrected chi connectivity index (χ1v) is 7.91. The molecular weight excluding hydrogens is 294 g/mol. The highest BCUT2D eigenvalue weighted by Crippen LogP contribution is 2.33. The molecule has 1 atom stereocenters. The Morgan fingerprint density at radius 2 is 2.30 bits per heavy atom. The maximum atomic E-state index is 13.0. The molecule has 1 aliphatic rings. The summed E-state index contributed by atoms with van der Waals surface area (Å²) in [6.45, 7) is 4.46. The number of aryl methyl sites for hydroxylation is 2. The lowest BCUT2D eigenvalue weighted by Crippen LogP contribution is -2.32. The monoisotopic (exact) mass is 315 g/mol. The van der Waals surface area contributed by atoms with Gasteiger partial charge in [0.05, 0.1) is 29.8 Å². The van der Waals surface area contributed by atoms with E-state index in [-0.39, 0.29) is 11.9 Å². The lowest BCUT2D eigenvalue weighted by Gasteiger charge is -2.24. The van der Waals surface area contributed by atoms with Gasteiger partial charge in [-0.1, -0.05) is 12.1 Å². The van der Waals surface area contributed by atoms with Crippen LogP contribution in [0.1, 0.15) is 53.3 Å². The number of hydrogen-bond donors (Lipinski definition) is 1. The van der Waals surface area contributed by atoms with Crippen LogP contribution in [0.3, 0.4) is 0 Å². The topological polar surface area (TPSA) is 84.2 Å². The summed E-state index contributed by atoms with van der Waals surface area (Å²) in [4.78, 5) is 23.6. The predicted octanol–water partition coefficient (Wildman–Crippen LogP) is 2.35. The van der Waals surface area contributed by atoms with Crippen molar-refractivity contribution < 1.29 is 9.32 Å². The molecule has 0 aliphatic carbocycles. The molecule has 3 heterocycles. The number of rotatable bonds is 4. The molecule has 0 aromatic carbocycles. The van der Waals surface area contributed by atoms with Crippen molar-refractivity contribution in [2.75, 3.05) is 18.9 Å². The van der Waals surface area contributed by atoms with E-state index in [1.54, 1.807) is 26.4 Å². The normalized spacial score (nSPS) is 17.5. The number of anilines is 1. The lowest BCUT2D eigenvalue weighted by atomic mass is 10.1. The predicted molar refractivity (Wildman–Crippen MR) is 85.2 cm³/mol. The van der Waals surface area contributed by atoms with Crippen LogP contribution in [0.5, 0.6) is 0 Å². The third kappa shape index (κ3) is 2.78. The minimum Gasteiger partial charge on any atom is -0.372 e. The summed E-state index contributed by atoms with van der Waals surface area (Å²) in [6.07, 6.45) is 5.92. The van der Waals surface area contributed by atoms with Crippen LogP contribution < -0.4 is 5.32 Å². The second-order valence-corrected chi connectivity index (χ2v) is 5.65. The molecule has 0 radical (unpaired) electrons. The standard InChI is InChI=1S/C16H21N5O2/c1-4-11-15(10(2)23-20-11)16(22)21-7-5-6-13(21)12-8-18-9-14(17-3)19-12/h8-9,13H,4-7H2,1-3H3,(H,17,19). The van der Waals surface area contributed by atoms with Crippen LogP contribution in [0.25, 0.3) is 0 Å². The van der Waals surface area contributed by atoms with Crippen LogP contribution in [0, 0.1) is 6.92 Å². The Morgan fingerprint density at radius 1 is 1.48 bits per heavy atom. The van der Waals surface area contributed by atoms with Gasteiger partial charge < -0.3 is 14.7 Å². The first-order chi connectivity index (χ1) is 11.2. The fourth-order valence-corrected chi connectivity index (χ4v) is 3.06. The van der Waals surface area contributed by atoms with Crippen LogP contribution >= 0.6 is 0 Å². The summed E-state index contributed by atoms with van der Waals surface area (Å²) in [5.41, 5.74) is 2.13. The van der Waals surface area contributed by atoms with Crippen LogP contribution in [-0.4, -0.2) is 39.5 Å². The molecule has 1 amide bonds. The minimum absolute atomic E-state index is 0.0280. The van der Waals surface area contributed by atoms with E-state index in [4.69, 9.17) is 4.52 Å². The molecule has 2 aromatic rings. The van der Waals surface area contributed by atoms with Crippen molar-refractivity contribution in [1.82, 2.24) is 20.0 Å². The SMILES string of the molecule is CCc1noc(C)c1C(=O)N1CCCC1c1cncc(NC)n1. The summed E-state index contributed by atoms with van der Waals surface area (Å²) in [5, 5.41) is 6.98. The Hall–Kier alpha value is -2.44. The quantitative estimate of drug-likeness (QED) is 0.932. The third-order valence-corrected chi connectivity index (χ3v) is 4.25. The second-order valence-electron chi connectivity index (χ2n) is 5.65. The number of aromatic nitrogens is 3. The Bertz CT molecular complexity index is 712. The summed E-state index contributed by atoms with van der Waals surface area (Å²) < 4.78 is 5.21. The number of hydrogen-bond acceptors (Lipinski definition) is 6. The molecule has 3 rings (SSSR count). The number of amides is 1. The second kappa shape index (κ2) is 6.36. The summed E-state index contributed by atoms with van der Waals surface area (Å²) in [6, 6.07) is -0.0534. The number of nitrogens with zero attached hydrogens (tertiary/aromatic N) is 4. The lowest BCUT2D eigenvalue weighted by molar-refractivity contribution is 0.0730. The van der Waals surface area contributed by atoms with E-state index < -0.39 is 0 Å². The van der Waals surface area contributed by atoms with E-state index in [9.17, 15) is 4.79 Å². The molecule has 7 heteroatoms. The molecule has 1 fully saturated rings. The van der Waals surface area contributed by atoms with E-state index in [2.05, 4.69) is 20.4 Å². The van der Waals surface area contributed by atoms with Gasteiger partial charge in [0.1, 0.15) is 17.1 Å². The number of carbonyl (C=O) groups is 1. The molecule has 23 heavy (non-hydrogen) atoms. The first kappa shape index (κ1) is 15.5. The number of carbonyl (C=O) groups excluding carboxylic acids is 1. The molecule has 122 valence electrons. The summed E-state index contributed by atoms with van der Waals surface area (Å²) in [5.74, 6) is 1.25. The van der Waals surface area contributed by atoms with Crippen molar-refractivity contribution in [3.63, 3.8) is 0 Å². The van der Waals surface area contributed by atoms with Crippen LogP contribution in [-0.2, 0) is 6.42 Å². The van der Waals surface area contributed by atoms with E-state index in [0.29, 0.717) is 35.8 Å². The molecule has 2 aromatic heterocycles. The number of nitrogens with one attached hydrogen (secondary N) is 1. The first-order valence-electron chi connectivity index (χ1n) is 7.91. The molecule has 1 saturated heterocycles. The minimum atomic E-state index is -0.0534. The Morgan fingerprint density at radius 3 is 3.04 bits per heavy atom. The largest absolute Gasteiger partial charge is 0.372 e. The highest BCUT2D eigenvalue weighted by molar-refractivity contribution is 5.96. The van der Waals surface area contributed by atoms with Crippen molar-refractivity contribution in [1.29, 1.82) is 0 Å².